The molecule has 0 radical (unpaired) electrons. The van der Waals surface area contributed by atoms with Crippen LogP contribution in [0.2, 0.25) is 0 Å². The second kappa shape index (κ2) is 52.2. The van der Waals surface area contributed by atoms with Gasteiger partial charge < -0.3 is 40.0 Å². The van der Waals surface area contributed by atoms with Gasteiger partial charge in [0.05, 0.1) is 23.3 Å². The number of carbonyl (C=O) groups excluding carboxylic acids is 1. The van der Waals surface area contributed by atoms with Crippen LogP contribution in [0.5, 0.6) is 0 Å². The number of nitrogens with two attached hydrogens (primary N) is 1. The van der Waals surface area contributed by atoms with Crippen molar-refractivity contribution in [3.63, 3.8) is 0 Å². The predicted octanol–water partition coefficient (Wildman–Crippen LogP) is -2.11. The van der Waals surface area contributed by atoms with Crippen molar-refractivity contribution >= 4 is 98.4 Å². The van der Waals surface area contributed by atoms with Crippen molar-refractivity contribution in [2.75, 3.05) is 62.3 Å². The van der Waals surface area contributed by atoms with Crippen LogP contribution in [0.1, 0.15) is 123 Å². The molecule has 0 aliphatic carbocycles. The van der Waals surface area contributed by atoms with Crippen molar-refractivity contribution in [1.29, 1.82) is 10.5 Å². The number of hydrogen-bond donors (Lipinski definition) is 2. The minimum absolute atomic E-state index is 0. The van der Waals surface area contributed by atoms with Crippen LogP contribution in [-0.2, 0) is 21.0 Å². The Kier molecular flexibility index (Phi) is 55.2. The summed E-state index contributed by atoms with van der Waals surface area (Å²) < 4.78 is 17.1. The molecule has 6 aromatic carbocycles. The minimum Gasteiger partial charge on any atom is 1.00 e. The summed E-state index contributed by atoms with van der Waals surface area (Å²) in [7, 11) is 0. The zero-order valence-corrected chi connectivity index (χ0v) is 64.7. The van der Waals surface area contributed by atoms with E-state index in [2.05, 4.69) is 156 Å². The quantitative estimate of drug-likeness (QED) is 0.0788. The normalized spacial score (nSPS) is 14.2. The number of nitrogens with one attached hydrogen (secondary N) is 1. The molecule has 0 aromatic heterocycles. The third kappa shape index (κ3) is 33.9. The Morgan fingerprint density at radius 1 is 0.613 bits per heavy atom. The van der Waals surface area contributed by atoms with E-state index in [4.69, 9.17) is 31.0 Å². The molecule has 0 spiro atoms. The first-order valence-electron chi connectivity index (χ1n) is 26.8. The topological polar surface area (TPSA) is 151 Å². The number of piperidine rings is 3. The first-order chi connectivity index (χ1) is 36.6. The van der Waals surface area contributed by atoms with Gasteiger partial charge in [-0.15, -0.1) is 0 Å². The summed E-state index contributed by atoms with van der Waals surface area (Å²) in [6, 6.07) is 53.1. The van der Waals surface area contributed by atoms with Crippen LogP contribution >= 0.6 is 0 Å². The van der Waals surface area contributed by atoms with E-state index in [1.165, 1.54) is 202 Å². The molecule has 80 heavy (non-hydrogen) atoms. The molecule has 10 nitrogen and oxygen atoms in total. The monoisotopic (exact) mass is 1220 g/mol. The second-order valence-corrected chi connectivity index (χ2v) is 18.9. The number of rotatable bonds is 7. The maximum absolute atomic E-state index is 12.1. The van der Waals surface area contributed by atoms with Crippen molar-refractivity contribution in [1.82, 2.24) is 5.32 Å². The first kappa shape index (κ1) is 84.5. The van der Waals surface area contributed by atoms with E-state index in [-0.39, 0.29) is 207 Å². The average molecular weight is 1220 g/mol. The molecule has 0 bridgehead atoms. The standard InChI is InChI=1S/C19H24N2.C19H20N2.C12H17N.C7H4FN.C4H8O.CH2O3.Al.5K.Li.6H/c2*1-15-2-6-17(7-3-15)18-10-12-21(13-11-18)19-8-4-16(14-20)5-9-19;1-10-2-4-11(5-3-10)12-6-8-13-9-7-12;8-7-3-1-6(5-9)2-4-7;1-2-4-5-3-1;2-1-4-3;;;;;;;;;;;;;/h2-9,18H,10-14,20H2,1H3;2-9,18H,10-13H2,1H3;2-5,12-13H,6-9H2,1H3;1-4H;1-4H2;1,3H;;;;;;;;;;;;;/q;;;;;;;;;4*+1;;;;3*-1/p-1. The van der Waals surface area contributed by atoms with Crippen LogP contribution < -0.4 is 199 Å². The van der Waals surface area contributed by atoms with Gasteiger partial charge in [-0.2, -0.15) is 10.5 Å². The molecule has 4 aliphatic rings. The van der Waals surface area contributed by atoms with Crippen LogP contribution in [0.4, 0.5) is 15.8 Å². The Morgan fingerprint density at radius 3 is 1.21 bits per heavy atom. The Bertz CT molecular complexity index is 2570. The number of halogens is 1. The molecule has 4 aliphatic heterocycles. The van der Waals surface area contributed by atoms with Gasteiger partial charge in [-0.3, -0.25) is 4.79 Å². The zero-order valence-electron chi connectivity index (χ0n) is 52.1. The molecule has 0 atom stereocenters. The number of benzene rings is 6. The third-order valence-electron chi connectivity index (χ3n) is 13.7. The number of nitriles is 2. The SMILES string of the molecule is C1CCOC1.Cc1ccc(C2CCN(c3ccc(C#N)cc3)CC2)cc1.Cc1ccc(C2CCN(c3ccc(CN)cc3)CC2)cc1.Cc1ccc(C2CCNCC2)cc1.N#Cc1ccc(F)cc1.O=CO[O-].[AlH3].[H-].[H-].[H-].[K+].[K+].[K+].[K][K].[Li+]. The Hall–Kier alpha value is 2.45. The number of nitrogens with zero attached hydrogens (tertiary/aromatic N) is 4. The summed E-state index contributed by atoms with van der Waals surface area (Å²) in [5, 5.41) is 28.9. The summed E-state index contributed by atoms with van der Waals surface area (Å²) >= 11 is 2.50. The van der Waals surface area contributed by atoms with Gasteiger partial charge in [-0.1, -0.05) is 102 Å². The second-order valence-electron chi connectivity index (χ2n) is 18.9. The summed E-state index contributed by atoms with van der Waals surface area (Å²) in [6.45, 7) is 15.7. The molecule has 4 fully saturated rings. The van der Waals surface area contributed by atoms with Gasteiger partial charge in [0.2, 0.25) is 0 Å². The number of carbonyl (C=O) groups is 1. The van der Waals surface area contributed by atoms with Crippen molar-refractivity contribution in [3.8, 4) is 12.1 Å². The molecular formula is C62H80AlFK5LiN6O4. The van der Waals surface area contributed by atoms with Crippen molar-refractivity contribution in [2.45, 2.75) is 96.4 Å². The fourth-order valence-electron chi connectivity index (χ4n) is 9.24. The molecule has 4 heterocycles. The van der Waals surface area contributed by atoms with E-state index in [1.54, 1.807) is 0 Å². The van der Waals surface area contributed by atoms with E-state index in [0.717, 1.165) is 50.9 Å². The summed E-state index contributed by atoms with van der Waals surface area (Å²) in [5.41, 5.74) is 19.2. The van der Waals surface area contributed by atoms with E-state index >= 15 is 0 Å². The van der Waals surface area contributed by atoms with Crippen molar-refractivity contribution in [3.05, 3.63) is 201 Å². The van der Waals surface area contributed by atoms with Crippen LogP contribution in [-0.4, -0.2) is 139 Å². The molecular weight excluding hydrogens is 1140 g/mol. The predicted molar refractivity (Wildman–Crippen MR) is 315 cm³/mol. The van der Waals surface area contributed by atoms with Crippen molar-refractivity contribution in [2.24, 2.45) is 5.73 Å². The van der Waals surface area contributed by atoms with Crippen LogP contribution in [0.25, 0.3) is 0 Å². The Morgan fingerprint density at radius 2 is 0.925 bits per heavy atom. The minimum atomic E-state index is -0.311. The molecule has 6 aromatic rings. The number of ether oxygens (including phenoxy) is 1. The van der Waals surface area contributed by atoms with Crippen LogP contribution in [0.15, 0.2) is 146 Å². The van der Waals surface area contributed by atoms with Crippen LogP contribution in [0.3, 0.4) is 0 Å². The number of aryl methyl sites for hydroxylation is 3. The number of hydrogen-bond acceptors (Lipinski definition) is 10. The molecule has 0 unspecified atom stereocenters. The zero-order chi connectivity index (χ0) is 54.0. The average Bonchev–Trinajstić information content (AvgIpc) is 4.09. The maximum Gasteiger partial charge on any atom is 1.00 e. The largest absolute Gasteiger partial charge is 1.00 e. The molecule has 0 amide bonds. The Balaban J connectivity index is -0.000000306. The van der Waals surface area contributed by atoms with Gasteiger partial charge in [-0.05, 0) is 186 Å². The molecule has 4 saturated heterocycles. The van der Waals surface area contributed by atoms with Gasteiger partial charge in [0.1, 0.15) is 5.82 Å². The summed E-state index contributed by atoms with van der Waals surface area (Å²) in [6.07, 6.45) is 10.0. The fraction of sp³-hybridized carbons (Fsp3) is 0.371. The van der Waals surface area contributed by atoms with Crippen molar-refractivity contribution < 1.29 is 201 Å². The van der Waals surface area contributed by atoms with Gasteiger partial charge in [0.25, 0.3) is 6.47 Å². The van der Waals surface area contributed by atoms with E-state index in [0.29, 0.717) is 23.9 Å². The van der Waals surface area contributed by atoms with E-state index in [1.807, 2.05) is 18.2 Å². The summed E-state index contributed by atoms with van der Waals surface area (Å²) in [4.78, 5) is 16.2. The van der Waals surface area contributed by atoms with Crippen LogP contribution in [0, 0.1) is 49.3 Å². The molecule has 3 N–H and O–H groups in total. The van der Waals surface area contributed by atoms with E-state index in [9.17, 15) is 4.39 Å². The molecule has 0 saturated carbocycles. The van der Waals surface area contributed by atoms with Gasteiger partial charge in [0, 0.05) is 57.3 Å². The van der Waals surface area contributed by atoms with Gasteiger partial charge in [-0.25, -0.2) is 4.39 Å². The maximum atomic E-state index is 12.1. The summed E-state index contributed by atoms with van der Waals surface area (Å²) in [5.74, 6) is 1.88. The van der Waals surface area contributed by atoms with Gasteiger partial charge >= 0.3 is 236 Å². The van der Waals surface area contributed by atoms with Gasteiger partial charge in [0.15, 0.2) is 17.4 Å². The first-order valence-corrected chi connectivity index (χ1v) is 42.8. The van der Waals surface area contributed by atoms with E-state index < -0.39 is 0 Å². The molecule has 18 heteroatoms. The molecule has 10 rings (SSSR count). The Labute approximate surface area is 678 Å². The third-order valence-corrected chi connectivity index (χ3v) is 13.7. The molecule has 398 valence electrons. The fourth-order valence-corrected chi connectivity index (χ4v) is 9.24. The smallest absolute Gasteiger partial charge is 1.00 e. The number of anilines is 2.